The molecule has 96 valence electrons. The molecule has 6 heteroatoms. The lowest BCUT2D eigenvalue weighted by molar-refractivity contribution is -0.137. The molecule has 0 saturated carbocycles. The number of rotatable bonds is 3. The minimum absolute atomic E-state index is 0.0778. The fourth-order valence-corrected chi connectivity index (χ4v) is 2.01. The van der Waals surface area contributed by atoms with Gasteiger partial charge in [-0.25, -0.2) is 0 Å². The van der Waals surface area contributed by atoms with Crippen molar-refractivity contribution in [2.75, 3.05) is 11.5 Å². The van der Waals surface area contributed by atoms with Crippen molar-refractivity contribution in [1.29, 1.82) is 0 Å². The third kappa shape index (κ3) is 4.47. The van der Waals surface area contributed by atoms with E-state index in [-0.39, 0.29) is 5.69 Å². The first-order valence-electron chi connectivity index (χ1n) is 4.91. The predicted molar refractivity (Wildman–Crippen MR) is 62.9 cm³/mol. The molecule has 0 unspecified atom stereocenters. The Balaban J connectivity index is 2.84. The van der Waals surface area contributed by atoms with E-state index in [0.29, 0.717) is 10.6 Å². The summed E-state index contributed by atoms with van der Waals surface area (Å²) in [5.74, 6) is 0.364. The highest BCUT2D eigenvalue weighted by molar-refractivity contribution is 7.99. The van der Waals surface area contributed by atoms with Crippen LogP contribution in [0.2, 0.25) is 0 Å². The number of anilines is 1. The van der Waals surface area contributed by atoms with Crippen LogP contribution in [0.25, 0.3) is 0 Å². The number of nitrogens with two attached hydrogens (primary N) is 1. The summed E-state index contributed by atoms with van der Waals surface area (Å²) in [4.78, 5) is 0.542. The zero-order chi connectivity index (χ0) is 13.3. The molecule has 0 heterocycles. The fourth-order valence-electron chi connectivity index (χ4n) is 1.11. The Labute approximate surface area is 102 Å². The van der Waals surface area contributed by atoms with Gasteiger partial charge < -0.3 is 10.8 Å². The van der Waals surface area contributed by atoms with Gasteiger partial charge in [-0.2, -0.15) is 13.2 Å². The van der Waals surface area contributed by atoms with Gasteiger partial charge in [-0.05, 0) is 32.0 Å². The maximum atomic E-state index is 12.4. The van der Waals surface area contributed by atoms with Crippen molar-refractivity contribution in [3.8, 4) is 0 Å². The number of hydrogen-bond acceptors (Lipinski definition) is 3. The first-order valence-corrected chi connectivity index (χ1v) is 5.90. The number of alkyl halides is 3. The Kier molecular flexibility index (Phi) is 3.99. The molecule has 0 atom stereocenters. The molecular weight excluding hydrogens is 251 g/mol. The fraction of sp³-hybridized carbons (Fsp3) is 0.455. The van der Waals surface area contributed by atoms with Crippen LogP contribution in [0.15, 0.2) is 23.1 Å². The molecular formula is C11H14F3NOS. The van der Waals surface area contributed by atoms with Gasteiger partial charge >= 0.3 is 6.18 Å². The highest BCUT2D eigenvalue weighted by atomic mass is 32.2. The number of halogens is 3. The molecule has 1 rings (SSSR count). The lowest BCUT2D eigenvalue weighted by Gasteiger charge is -2.17. The third-order valence-corrected chi connectivity index (χ3v) is 3.45. The average molecular weight is 265 g/mol. The molecule has 0 aliphatic carbocycles. The maximum Gasteiger partial charge on any atom is 0.416 e. The van der Waals surface area contributed by atoms with Crippen LogP contribution in [0.1, 0.15) is 19.4 Å². The quantitative estimate of drug-likeness (QED) is 0.652. The summed E-state index contributed by atoms with van der Waals surface area (Å²) < 4.78 is 37.1. The molecule has 2 nitrogen and oxygen atoms in total. The maximum absolute atomic E-state index is 12.4. The SMILES string of the molecule is CC(C)(O)CSc1ccc(C(F)(F)F)cc1N. The second-order valence-corrected chi connectivity index (χ2v) is 5.37. The van der Waals surface area contributed by atoms with Crippen LogP contribution in [0.3, 0.4) is 0 Å². The van der Waals surface area contributed by atoms with E-state index in [0.717, 1.165) is 12.1 Å². The summed E-state index contributed by atoms with van der Waals surface area (Å²) in [6.45, 7) is 3.25. The molecule has 17 heavy (non-hydrogen) atoms. The zero-order valence-corrected chi connectivity index (χ0v) is 10.3. The lowest BCUT2D eigenvalue weighted by Crippen LogP contribution is -2.21. The first-order chi connectivity index (χ1) is 7.59. The van der Waals surface area contributed by atoms with Crippen molar-refractivity contribution in [3.05, 3.63) is 23.8 Å². The van der Waals surface area contributed by atoms with Crippen molar-refractivity contribution >= 4 is 17.4 Å². The van der Waals surface area contributed by atoms with Crippen LogP contribution < -0.4 is 5.73 Å². The van der Waals surface area contributed by atoms with Gasteiger partial charge in [-0.15, -0.1) is 11.8 Å². The Morgan fingerprint density at radius 1 is 1.29 bits per heavy atom. The van der Waals surface area contributed by atoms with E-state index < -0.39 is 17.3 Å². The van der Waals surface area contributed by atoms with E-state index >= 15 is 0 Å². The summed E-state index contributed by atoms with van der Waals surface area (Å²) in [7, 11) is 0. The molecule has 0 amide bonds. The van der Waals surface area contributed by atoms with Gasteiger partial charge in [0, 0.05) is 16.3 Å². The largest absolute Gasteiger partial charge is 0.416 e. The summed E-state index contributed by atoms with van der Waals surface area (Å²) >= 11 is 1.23. The Bertz CT molecular complexity index is 399. The van der Waals surface area contributed by atoms with E-state index in [2.05, 4.69) is 0 Å². The molecule has 3 N–H and O–H groups in total. The van der Waals surface area contributed by atoms with Crippen LogP contribution in [0.5, 0.6) is 0 Å². The molecule has 0 bridgehead atoms. The van der Waals surface area contributed by atoms with Crippen molar-refractivity contribution in [3.63, 3.8) is 0 Å². The normalized spacial score (nSPS) is 12.8. The van der Waals surface area contributed by atoms with Crippen molar-refractivity contribution < 1.29 is 18.3 Å². The van der Waals surface area contributed by atoms with Crippen LogP contribution in [-0.2, 0) is 6.18 Å². The molecule has 0 saturated heterocycles. The van der Waals surface area contributed by atoms with Crippen LogP contribution in [-0.4, -0.2) is 16.5 Å². The van der Waals surface area contributed by atoms with E-state index in [9.17, 15) is 18.3 Å². The lowest BCUT2D eigenvalue weighted by atomic mass is 10.2. The Morgan fingerprint density at radius 3 is 2.29 bits per heavy atom. The summed E-state index contributed by atoms with van der Waals surface area (Å²) in [5, 5.41) is 9.51. The predicted octanol–water partition coefficient (Wildman–Crippen LogP) is 3.15. The molecule has 1 aromatic rings. The second kappa shape index (κ2) is 4.78. The van der Waals surface area contributed by atoms with Crippen molar-refractivity contribution in [1.82, 2.24) is 0 Å². The molecule has 0 aromatic heterocycles. The van der Waals surface area contributed by atoms with Gasteiger partial charge in [0.1, 0.15) is 0 Å². The van der Waals surface area contributed by atoms with Gasteiger partial charge in [0.25, 0.3) is 0 Å². The van der Waals surface area contributed by atoms with Gasteiger partial charge in [-0.3, -0.25) is 0 Å². The average Bonchev–Trinajstić information content (AvgIpc) is 2.12. The van der Waals surface area contributed by atoms with Crippen LogP contribution >= 0.6 is 11.8 Å². The van der Waals surface area contributed by atoms with Crippen molar-refractivity contribution in [2.24, 2.45) is 0 Å². The summed E-state index contributed by atoms with van der Waals surface area (Å²) in [5.41, 5.74) is 3.97. The highest BCUT2D eigenvalue weighted by Crippen LogP contribution is 2.34. The smallest absolute Gasteiger partial charge is 0.398 e. The molecule has 1 aromatic carbocycles. The zero-order valence-electron chi connectivity index (χ0n) is 9.51. The standard InChI is InChI=1S/C11H14F3NOS/c1-10(2,16)6-17-9-4-3-7(5-8(9)15)11(12,13)14/h3-5,16H,6,15H2,1-2H3. The van der Waals surface area contributed by atoms with E-state index in [1.165, 1.54) is 17.8 Å². The van der Waals surface area contributed by atoms with Crippen molar-refractivity contribution in [2.45, 2.75) is 30.5 Å². The molecule has 0 fully saturated rings. The number of nitrogen functional groups attached to an aromatic ring is 1. The molecule has 0 aliphatic heterocycles. The van der Waals surface area contributed by atoms with Crippen LogP contribution in [0.4, 0.5) is 18.9 Å². The number of aliphatic hydroxyl groups is 1. The topological polar surface area (TPSA) is 46.2 Å². The van der Waals surface area contributed by atoms with E-state index in [1.54, 1.807) is 13.8 Å². The Hall–Kier alpha value is -0.880. The summed E-state index contributed by atoms with van der Waals surface area (Å²) in [6.07, 6.45) is -4.38. The van der Waals surface area contributed by atoms with Gasteiger partial charge in [0.2, 0.25) is 0 Å². The monoisotopic (exact) mass is 265 g/mol. The minimum atomic E-state index is -4.38. The van der Waals surface area contributed by atoms with Crippen LogP contribution in [0, 0.1) is 0 Å². The number of hydrogen-bond donors (Lipinski definition) is 2. The second-order valence-electron chi connectivity index (χ2n) is 4.35. The third-order valence-electron chi connectivity index (χ3n) is 1.92. The molecule has 0 spiro atoms. The molecule has 0 aliphatic rings. The summed E-state index contributed by atoms with van der Waals surface area (Å²) in [6, 6.07) is 3.23. The molecule has 0 radical (unpaired) electrons. The number of thioether (sulfide) groups is 1. The van der Waals surface area contributed by atoms with Gasteiger partial charge in [-0.1, -0.05) is 0 Å². The Morgan fingerprint density at radius 2 is 1.88 bits per heavy atom. The highest BCUT2D eigenvalue weighted by Gasteiger charge is 2.30. The van der Waals surface area contributed by atoms with E-state index in [1.807, 2.05) is 0 Å². The van der Waals surface area contributed by atoms with Gasteiger partial charge in [0.15, 0.2) is 0 Å². The first kappa shape index (κ1) is 14.2. The minimum Gasteiger partial charge on any atom is -0.398 e. The van der Waals surface area contributed by atoms with E-state index in [4.69, 9.17) is 5.73 Å². The number of benzene rings is 1. The van der Waals surface area contributed by atoms with Gasteiger partial charge in [0.05, 0.1) is 11.2 Å².